The topological polar surface area (TPSA) is 98.0 Å². The Morgan fingerprint density at radius 2 is 1.62 bits per heavy atom. The minimum absolute atomic E-state index is 0.0262. The first kappa shape index (κ1) is 10.2. The second-order valence-corrected chi connectivity index (χ2v) is 4.22. The van der Waals surface area contributed by atoms with Gasteiger partial charge in [0.15, 0.2) is 5.85 Å². The molecular formula is C7H9O5P. The predicted molar refractivity (Wildman–Crippen MR) is 45.1 cm³/mol. The molecule has 1 atom stereocenters. The molecule has 0 amide bonds. The Balaban J connectivity index is 2.97. The SMILES string of the molecule is O=P(O)(O)C(O)c1ccc(O)cc1. The van der Waals surface area contributed by atoms with E-state index in [1.807, 2.05) is 0 Å². The van der Waals surface area contributed by atoms with Gasteiger partial charge in [-0.2, -0.15) is 0 Å². The number of phenolic OH excluding ortho intramolecular Hbond substituents is 1. The van der Waals surface area contributed by atoms with E-state index < -0.39 is 13.4 Å². The molecule has 4 N–H and O–H groups in total. The molecule has 0 aromatic heterocycles. The summed E-state index contributed by atoms with van der Waals surface area (Å²) < 4.78 is 10.6. The van der Waals surface area contributed by atoms with E-state index in [1.165, 1.54) is 24.3 Å². The van der Waals surface area contributed by atoms with Gasteiger partial charge < -0.3 is 20.0 Å². The predicted octanol–water partition coefficient (Wildman–Crippen LogP) is 0.561. The van der Waals surface area contributed by atoms with Gasteiger partial charge in [0.25, 0.3) is 0 Å². The maximum atomic E-state index is 10.6. The van der Waals surface area contributed by atoms with Crippen LogP contribution in [0.15, 0.2) is 24.3 Å². The number of hydrogen-bond acceptors (Lipinski definition) is 3. The summed E-state index contributed by atoms with van der Waals surface area (Å²) in [6.45, 7) is 0. The zero-order valence-corrected chi connectivity index (χ0v) is 7.43. The van der Waals surface area contributed by atoms with Gasteiger partial charge in [-0.25, -0.2) is 0 Å². The third-order valence-electron chi connectivity index (χ3n) is 1.51. The lowest BCUT2D eigenvalue weighted by Crippen LogP contribution is -1.97. The molecule has 6 heteroatoms. The van der Waals surface area contributed by atoms with Crippen molar-refractivity contribution in [3.05, 3.63) is 29.8 Å². The Kier molecular flexibility index (Phi) is 2.73. The normalized spacial score (nSPS) is 14.1. The molecule has 1 aromatic rings. The standard InChI is InChI=1S/C7H9O5P/c8-6-3-1-5(2-4-6)7(9)13(10,11)12/h1-4,7-9H,(H2,10,11,12). The summed E-state index contributed by atoms with van der Waals surface area (Å²) in [5.74, 6) is -1.85. The van der Waals surface area contributed by atoms with Gasteiger partial charge in [-0.05, 0) is 17.7 Å². The van der Waals surface area contributed by atoms with Gasteiger partial charge in [0.1, 0.15) is 5.75 Å². The summed E-state index contributed by atoms with van der Waals surface area (Å²) in [6, 6.07) is 4.99. The first-order chi connectivity index (χ1) is 5.91. The third kappa shape index (κ3) is 2.54. The van der Waals surface area contributed by atoms with Crippen LogP contribution in [0.5, 0.6) is 5.75 Å². The van der Waals surface area contributed by atoms with Gasteiger partial charge in [-0.1, -0.05) is 12.1 Å². The molecule has 0 saturated carbocycles. The minimum atomic E-state index is -4.52. The highest BCUT2D eigenvalue weighted by Crippen LogP contribution is 2.49. The average Bonchev–Trinajstić information content (AvgIpc) is 2.03. The van der Waals surface area contributed by atoms with Crippen molar-refractivity contribution in [3.63, 3.8) is 0 Å². The molecule has 72 valence electrons. The highest BCUT2D eigenvalue weighted by Gasteiger charge is 2.27. The third-order valence-corrected chi connectivity index (χ3v) is 2.45. The van der Waals surface area contributed by atoms with Crippen molar-refractivity contribution >= 4 is 7.60 Å². The summed E-state index contributed by atoms with van der Waals surface area (Å²) in [7, 11) is -4.52. The van der Waals surface area contributed by atoms with Crippen LogP contribution in [-0.4, -0.2) is 20.0 Å². The first-order valence-corrected chi connectivity index (χ1v) is 5.11. The average molecular weight is 204 g/mol. The van der Waals surface area contributed by atoms with Crippen LogP contribution in [0.2, 0.25) is 0 Å². The Morgan fingerprint density at radius 1 is 1.15 bits per heavy atom. The molecule has 13 heavy (non-hydrogen) atoms. The summed E-state index contributed by atoms with van der Waals surface area (Å²) >= 11 is 0. The van der Waals surface area contributed by atoms with Crippen molar-refractivity contribution in [2.45, 2.75) is 5.85 Å². The molecule has 0 spiro atoms. The number of hydrogen-bond donors (Lipinski definition) is 4. The fraction of sp³-hybridized carbons (Fsp3) is 0.143. The quantitative estimate of drug-likeness (QED) is 0.527. The largest absolute Gasteiger partial charge is 0.508 e. The van der Waals surface area contributed by atoms with Crippen LogP contribution in [0, 0.1) is 0 Å². The second kappa shape index (κ2) is 3.47. The molecule has 0 aliphatic rings. The van der Waals surface area contributed by atoms with E-state index >= 15 is 0 Å². The molecule has 0 bridgehead atoms. The Bertz CT molecular complexity index is 327. The Morgan fingerprint density at radius 3 is 2.00 bits per heavy atom. The molecule has 0 heterocycles. The summed E-state index contributed by atoms with van der Waals surface area (Å²) in [5, 5.41) is 18.0. The lowest BCUT2D eigenvalue weighted by Gasteiger charge is -2.11. The van der Waals surface area contributed by atoms with E-state index in [2.05, 4.69) is 0 Å². The van der Waals surface area contributed by atoms with Crippen molar-refractivity contribution in [1.29, 1.82) is 0 Å². The lowest BCUT2D eigenvalue weighted by molar-refractivity contribution is 0.205. The zero-order chi connectivity index (χ0) is 10.1. The van der Waals surface area contributed by atoms with Crippen molar-refractivity contribution in [2.24, 2.45) is 0 Å². The van der Waals surface area contributed by atoms with Gasteiger partial charge in [0.2, 0.25) is 0 Å². The van der Waals surface area contributed by atoms with E-state index in [1.54, 1.807) is 0 Å². The Labute approximate surface area is 74.4 Å². The number of aromatic hydroxyl groups is 1. The van der Waals surface area contributed by atoms with E-state index in [0.717, 1.165) is 0 Å². The van der Waals surface area contributed by atoms with Crippen molar-refractivity contribution < 1.29 is 24.6 Å². The fourth-order valence-electron chi connectivity index (χ4n) is 0.841. The monoisotopic (exact) mass is 204 g/mol. The van der Waals surface area contributed by atoms with Crippen molar-refractivity contribution in [2.75, 3.05) is 0 Å². The molecule has 0 aliphatic carbocycles. The molecule has 0 fully saturated rings. The van der Waals surface area contributed by atoms with Crippen LogP contribution < -0.4 is 0 Å². The number of aliphatic hydroxyl groups excluding tert-OH is 1. The molecule has 1 rings (SSSR count). The van der Waals surface area contributed by atoms with Crippen LogP contribution in [0.4, 0.5) is 0 Å². The van der Waals surface area contributed by atoms with Crippen LogP contribution >= 0.6 is 7.60 Å². The summed E-state index contributed by atoms with van der Waals surface area (Å²) in [4.78, 5) is 17.2. The van der Waals surface area contributed by atoms with Crippen LogP contribution in [0.3, 0.4) is 0 Å². The van der Waals surface area contributed by atoms with Crippen LogP contribution in [-0.2, 0) is 4.57 Å². The van der Waals surface area contributed by atoms with Crippen molar-refractivity contribution in [1.82, 2.24) is 0 Å². The fourth-order valence-corrected chi connectivity index (χ4v) is 1.40. The summed E-state index contributed by atoms with van der Waals surface area (Å²) in [5.41, 5.74) is 0.0751. The number of rotatable bonds is 2. The van der Waals surface area contributed by atoms with E-state index in [4.69, 9.17) is 20.0 Å². The maximum absolute atomic E-state index is 10.6. The lowest BCUT2D eigenvalue weighted by atomic mass is 10.2. The molecule has 1 unspecified atom stereocenters. The van der Waals surface area contributed by atoms with Crippen molar-refractivity contribution in [3.8, 4) is 5.75 Å². The van der Waals surface area contributed by atoms with Gasteiger partial charge in [-0.15, -0.1) is 0 Å². The number of benzene rings is 1. The molecule has 1 aromatic carbocycles. The molecule has 0 aliphatic heterocycles. The Hall–Kier alpha value is -0.870. The molecule has 0 saturated heterocycles. The van der Waals surface area contributed by atoms with E-state index in [-0.39, 0.29) is 11.3 Å². The highest BCUT2D eigenvalue weighted by molar-refractivity contribution is 7.51. The smallest absolute Gasteiger partial charge is 0.358 e. The van der Waals surface area contributed by atoms with Gasteiger partial charge in [-0.3, -0.25) is 4.57 Å². The molecular weight excluding hydrogens is 195 g/mol. The number of aliphatic hydroxyl groups is 1. The van der Waals surface area contributed by atoms with Gasteiger partial charge >= 0.3 is 7.60 Å². The van der Waals surface area contributed by atoms with Crippen LogP contribution in [0.25, 0.3) is 0 Å². The minimum Gasteiger partial charge on any atom is -0.508 e. The second-order valence-electron chi connectivity index (χ2n) is 2.55. The van der Waals surface area contributed by atoms with E-state index in [9.17, 15) is 4.57 Å². The maximum Gasteiger partial charge on any atom is 0.358 e. The van der Waals surface area contributed by atoms with Gasteiger partial charge in [0.05, 0.1) is 0 Å². The molecule has 0 radical (unpaired) electrons. The first-order valence-electron chi connectivity index (χ1n) is 3.43. The zero-order valence-electron chi connectivity index (χ0n) is 6.53. The van der Waals surface area contributed by atoms with Crippen LogP contribution in [0.1, 0.15) is 11.4 Å². The number of phenols is 1. The highest BCUT2D eigenvalue weighted by atomic mass is 31.2. The van der Waals surface area contributed by atoms with Gasteiger partial charge in [0, 0.05) is 0 Å². The van der Waals surface area contributed by atoms with E-state index in [0.29, 0.717) is 0 Å². The summed E-state index contributed by atoms with van der Waals surface area (Å²) in [6.07, 6.45) is 0. The molecule has 5 nitrogen and oxygen atoms in total.